The lowest BCUT2D eigenvalue weighted by Crippen LogP contribution is -2.07. The monoisotopic (exact) mass is 343 g/mol. The van der Waals surface area contributed by atoms with Crippen molar-refractivity contribution in [1.82, 2.24) is 0 Å². The van der Waals surface area contributed by atoms with Crippen LogP contribution < -0.4 is 4.74 Å². The van der Waals surface area contributed by atoms with Gasteiger partial charge in [-0.25, -0.2) is 0 Å². The van der Waals surface area contributed by atoms with Crippen LogP contribution in [0.1, 0.15) is 6.42 Å². The zero-order valence-electron chi connectivity index (χ0n) is 7.02. The molecule has 0 N–H and O–H groups in total. The first-order chi connectivity index (χ1) is 6.54. The van der Waals surface area contributed by atoms with Gasteiger partial charge < -0.3 is 4.74 Å². The van der Waals surface area contributed by atoms with Crippen molar-refractivity contribution in [2.45, 2.75) is 6.42 Å². The Balaban J connectivity index is 3.02. The fourth-order valence-corrected chi connectivity index (χ4v) is 2.40. The summed E-state index contributed by atoms with van der Waals surface area (Å²) in [6.45, 7) is 3.41. The summed E-state index contributed by atoms with van der Waals surface area (Å²) in [6.07, 6.45) is 0.0645. The molecule has 0 amide bonds. The van der Waals surface area contributed by atoms with Gasteiger partial charge in [-0.2, -0.15) is 0 Å². The summed E-state index contributed by atoms with van der Waals surface area (Å²) < 4.78 is 5.68. The van der Waals surface area contributed by atoms with Gasteiger partial charge in [0, 0.05) is 11.4 Å². The Bertz CT molecular complexity index is 343. The molecule has 5 heteroatoms. The number of hydrogen-bond acceptors (Lipinski definition) is 2. The molecule has 0 spiro atoms. The maximum Gasteiger partial charge on any atom is 0.311 e. The van der Waals surface area contributed by atoms with E-state index in [2.05, 4.69) is 6.92 Å². The van der Waals surface area contributed by atoms with Crippen LogP contribution in [0, 0.1) is 10.5 Å². The first-order valence-electron chi connectivity index (χ1n) is 3.69. The summed E-state index contributed by atoms with van der Waals surface area (Å²) in [6, 6.07) is 3.19. The molecule has 0 bridgehead atoms. The molecule has 0 atom stereocenters. The molecule has 0 saturated carbocycles. The van der Waals surface area contributed by atoms with E-state index in [1.165, 1.54) is 6.07 Å². The minimum Gasteiger partial charge on any atom is -0.424 e. The second-order valence-corrected chi connectivity index (χ2v) is 4.43. The molecule has 1 rings (SSSR count). The average Bonchev–Trinajstić information content (AvgIpc) is 2.10. The summed E-state index contributed by atoms with van der Waals surface area (Å²) in [4.78, 5) is 11.0. The third-order valence-electron chi connectivity index (χ3n) is 1.38. The molecule has 0 fully saturated rings. The third kappa shape index (κ3) is 3.00. The molecule has 0 unspecified atom stereocenters. The number of rotatable bonds is 2. The molecule has 0 aliphatic carbocycles. The van der Waals surface area contributed by atoms with Gasteiger partial charge in [0.2, 0.25) is 0 Å². The topological polar surface area (TPSA) is 26.3 Å². The smallest absolute Gasteiger partial charge is 0.311 e. The molecule has 1 radical (unpaired) electrons. The van der Waals surface area contributed by atoms with Crippen molar-refractivity contribution in [3.63, 3.8) is 0 Å². The van der Waals surface area contributed by atoms with E-state index >= 15 is 0 Å². The normalized spacial score (nSPS) is 10.0. The number of carbonyl (C=O) groups excluding carboxylic acids is 1. The lowest BCUT2D eigenvalue weighted by atomic mass is 10.3. The van der Waals surface area contributed by atoms with E-state index in [4.69, 9.17) is 27.9 Å². The van der Waals surface area contributed by atoms with Gasteiger partial charge in [-0.05, 0) is 41.6 Å². The van der Waals surface area contributed by atoms with Crippen molar-refractivity contribution in [3.8, 4) is 5.75 Å². The predicted molar refractivity (Wildman–Crippen MR) is 64.8 cm³/mol. The zero-order chi connectivity index (χ0) is 10.7. The number of ether oxygens (including phenoxy) is 1. The van der Waals surface area contributed by atoms with Gasteiger partial charge in [-0.1, -0.05) is 23.2 Å². The Morgan fingerprint density at radius 1 is 1.50 bits per heavy atom. The zero-order valence-corrected chi connectivity index (χ0v) is 10.7. The minimum atomic E-state index is -0.424. The highest BCUT2D eigenvalue weighted by molar-refractivity contribution is 14.1. The summed E-state index contributed by atoms with van der Waals surface area (Å²) in [5, 5.41) is 0.831. The van der Waals surface area contributed by atoms with E-state index in [9.17, 15) is 4.79 Å². The van der Waals surface area contributed by atoms with Crippen molar-refractivity contribution >= 4 is 51.8 Å². The van der Waals surface area contributed by atoms with Gasteiger partial charge in [0.05, 0.1) is 8.59 Å². The maximum atomic E-state index is 11.0. The minimum absolute atomic E-state index is 0.0645. The van der Waals surface area contributed by atoms with Crippen LogP contribution >= 0.6 is 45.8 Å². The second kappa shape index (κ2) is 5.19. The first kappa shape index (κ1) is 12.1. The summed E-state index contributed by atoms with van der Waals surface area (Å²) >= 11 is 13.6. The van der Waals surface area contributed by atoms with Gasteiger partial charge in [0.25, 0.3) is 0 Å². The highest BCUT2D eigenvalue weighted by Gasteiger charge is 2.11. The van der Waals surface area contributed by atoms with Crippen LogP contribution in [0.15, 0.2) is 12.1 Å². The second-order valence-electron chi connectivity index (χ2n) is 2.42. The number of halogens is 3. The molecule has 0 aromatic heterocycles. The van der Waals surface area contributed by atoms with E-state index < -0.39 is 5.97 Å². The molecule has 1 aromatic carbocycles. The van der Waals surface area contributed by atoms with Crippen molar-refractivity contribution in [3.05, 3.63) is 32.7 Å². The van der Waals surface area contributed by atoms with Gasteiger partial charge in [0.1, 0.15) is 0 Å². The number of benzene rings is 1. The van der Waals surface area contributed by atoms with E-state index in [1.54, 1.807) is 6.07 Å². The third-order valence-corrected chi connectivity index (χ3v) is 2.68. The Morgan fingerprint density at radius 3 is 2.64 bits per heavy atom. The fourth-order valence-electron chi connectivity index (χ4n) is 0.791. The van der Waals surface area contributed by atoms with Crippen molar-refractivity contribution in [2.75, 3.05) is 0 Å². The van der Waals surface area contributed by atoms with Gasteiger partial charge in [0.15, 0.2) is 5.75 Å². The lowest BCUT2D eigenvalue weighted by molar-refractivity contribution is -0.133. The highest BCUT2D eigenvalue weighted by atomic mass is 127. The molecule has 75 valence electrons. The maximum absolute atomic E-state index is 11.0. The highest BCUT2D eigenvalue weighted by Crippen LogP contribution is 2.33. The first-order valence-corrected chi connectivity index (χ1v) is 5.52. The molecule has 1 aromatic rings. The summed E-state index contributed by atoms with van der Waals surface area (Å²) in [5.74, 6) is -0.0857. The molecular weight excluding hydrogens is 338 g/mol. The van der Waals surface area contributed by atoms with Crippen molar-refractivity contribution in [2.24, 2.45) is 0 Å². The fraction of sp³-hybridized carbons (Fsp3) is 0.111. The number of carbonyl (C=O) groups is 1. The molecule has 0 aliphatic heterocycles. The molecular formula is C9H6Cl2IO2. The van der Waals surface area contributed by atoms with Crippen LogP contribution in [0.2, 0.25) is 10.0 Å². The van der Waals surface area contributed by atoms with E-state index in [0.717, 1.165) is 0 Å². The molecule has 0 saturated heterocycles. The van der Waals surface area contributed by atoms with E-state index in [0.29, 0.717) is 19.4 Å². The average molecular weight is 344 g/mol. The molecule has 0 heterocycles. The van der Waals surface area contributed by atoms with Crippen LogP contribution in [0.25, 0.3) is 0 Å². The largest absolute Gasteiger partial charge is 0.424 e. The van der Waals surface area contributed by atoms with E-state index in [1.807, 2.05) is 22.6 Å². The van der Waals surface area contributed by atoms with Crippen LogP contribution in [-0.2, 0) is 4.79 Å². The van der Waals surface area contributed by atoms with Crippen LogP contribution in [0.5, 0.6) is 5.75 Å². The standard InChI is InChI=1S/C9H6Cl2IO2/c1-2-8(13)14-9-6(11)3-5(10)4-7(9)12/h3-4H,1-2H2. The summed E-state index contributed by atoms with van der Waals surface area (Å²) in [5.41, 5.74) is 0. The summed E-state index contributed by atoms with van der Waals surface area (Å²) in [7, 11) is 0. The predicted octanol–water partition coefficient (Wildman–Crippen LogP) is 3.73. The van der Waals surface area contributed by atoms with Crippen LogP contribution in [-0.4, -0.2) is 5.97 Å². The Morgan fingerprint density at radius 2 is 2.14 bits per heavy atom. The van der Waals surface area contributed by atoms with Gasteiger partial charge >= 0.3 is 5.97 Å². The molecule has 2 nitrogen and oxygen atoms in total. The Hall–Kier alpha value is -0.000000000000000111. The van der Waals surface area contributed by atoms with Crippen LogP contribution in [0.4, 0.5) is 0 Å². The van der Waals surface area contributed by atoms with Gasteiger partial charge in [-0.3, -0.25) is 4.79 Å². The number of hydrogen-bond donors (Lipinski definition) is 0. The molecule has 14 heavy (non-hydrogen) atoms. The number of esters is 1. The Labute approximate surface area is 106 Å². The quantitative estimate of drug-likeness (QED) is 0.464. The lowest BCUT2D eigenvalue weighted by Gasteiger charge is -2.07. The van der Waals surface area contributed by atoms with Crippen molar-refractivity contribution < 1.29 is 9.53 Å². The molecule has 0 aliphatic rings. The van der Waals surface area contributed by atoms with E-state index in [-0.39, 0.29) is 6.42 Å². The van der Waals surface area contributed by atoms with Gasteiger partial charge in [-0.15, -0.1) is 0 Å². The SMILES string of the molecule is [CH2]CC(=O)Oc1c(Cl)cc(Cl)cc1I. The Kier molecular flexibility index (Phi) is 4.47. The van der Waals surface area contributed by atoms with Crippen LogP contribution in [0.3, 0.4) is 0 Å². The van der Waals surface area contributed by atoms with Crippen molar-refractivity contribution in [1.29, 1.82) is 0 Å².